The quantitative estimate of drug-likeness (QED) is 0.784. The summed E-state index contributed by atoms with van der Waals surface area (Å²) in [7, 11) is -3.15. The Morgan fingerprint density at radius 2 is 2.20 bits per heavy atom. The fourth-order valence-electron chi connectivity index (χ4n) is 2.75. The Labute approximate surface area is 118 Å². The summed E-state index contributed by atoms with van der Waals surface area (Å²) in [5.41, 5.74) is -0.414. The molecule has 3 rings (SSSR count). The number of rotatable bonds is 3. The summed E-state index contributed by atoms with van der Waals surface area (Å²) >= 11 is 0. The van der Waals surface area contributed by atoms with E-state index >= 15 is 0 Å². The topological polar surface area (TPSA) is 81.6 Å². The van der Waals surface area contributed by atoms with Gasteiger partial charge in [-0.3, -0.25) is 0 Å². The van der Waals surface area contributed by atoms with Crippen LogP contribution in [0, 0.1) is 0 Å². The molecule has 0 aromatic carbocycles. The zero-order valence-corrected chi connectivity index (χ0v) is 12.0. The van der Waals surface area contributed by atoms with Gasteiger partial charge in [0.2, 0.25) is 10.0 Å². The molecular formula is C12H17N3O4S. The van der Waals surface area contributed by atoms with Gasteiger partial charge in [-0.1, -0.05) is 0 Å². The molecule has 0 N–H and O–H groups in total. The first kappa shape index (κ1) is 13.7. The van der Waals surface area contributed by atoms with E-state index in [-0.39, 0.29) is 6.10 Å². The molecule has 2 aliphatic rings. The van der Waals surface area contributed by atoms with Crippen LogP contribution in [-0.4, -0.2) is 60.3 Å². The van der Waals surface area contributed by atoms with E-state index in [0.717, 1.165) is 0 Å². The van der Waals surface area contributed by atoms with Crippen molar-refractivity contribution in [2.45, 2.75) is 24.5 Å². The van der Waals surface area contributed by atoms with Crippen molar-refractivity contribution in [1.29, 1.82) is 0 Å². The molecule has 3 heterocycles. The van der Waals surface area contributed by atoms with Crippen molar-refractivity contribution in [3.63, 3.8) is 0 Å². The fourth-order valence-corrected chi connectivity index (χ4v) is 3.64. The van der Waals surface area contributed by atoms with Crippen molar-refractivity contribution in [2.24, 2.45) is 0 Å². The molecule has 2 aliphatic heterocycles. The molecular weight excluding hydrogens is 282 g/mol. The van der Waals surface area contributed by atoms with Crippen molar-refractivity contribution in [3.8, 4) is 6.01 Å². The van der Waals surface area contributed by atoms with Gasteiger partial charge in [-0.15, -0.1) is 0 Å². The Hall–Kier alpha value is -1.25. The normalized spacial score (nSPS) is 30.9. The van der Waals surface area contributed by atoms with E-state index in [2.05, 4.69) is 9.97 Å². The molecule has 110 valence electrons. The molecule has 0 amide bonds. The largest absolute Gasteiger partial charge is 0.458 e. The maximum Gasteiger partial charge on any atom is 0.316 e. The summed E-state index contributed by atoms with van der Waals surface area (Å²) in [5.74, 6) is 0. The first-order chi connectivity index (χ1) is 9.47. The Bertz CT molecular complexity index is 580. The lowest BCUT2D eigenvalue weighted by Gasteiger charge is -2.22. The Morgan fingerprint density at radius 1 is 1.45 bits per heavy atom. The van der Waals surface area contributed by atoms with Crippen LogP contribution in [0.1, 0.15) is 12.8 Å². The van der Waals surface area contributed by atoms with Crippen molar-refractivity contribution >= 4 is 10.0 Å². The van der Waals surface area contributed by atoms with E-state index in [0.29, 0.717) is 38.5 Å². The van der Waals surface area contributed by atoms with Crippen LogP contribution in [0.5, 0.6) is 6.01 Å². The zero-order valence-electron chi connectivity index (χ0n) is 11.2. The maximum absolute atomic E-state index is 11.6. The van der Waals surface area contributed by atoms with Gasteiger partial charge >= 0.3 is 6.01 Å². The summed E-state index contributed by atoms with van der Waals surface area (Å²) in [6, 6.07) is 2.05. The second-order valence-electron chi connectivity index (χ2n) is 5.32. The highest BCUT2D eigenvalue weighted by Gasteiger charge is 2.48. The summed E-state index contributed by atoms with van der Waals surface area (Å²) in [6.07, 6.45) is 5.71. The van der Waals surface area contributed by atoms with Gasteiger partial charge in [-0.2, -0.15) is 4.31 Å². The highest BCUT2D eigenvalue weighted by Crippen LogP contribution is 2.36. The average molecular weight is 299 g/mol. The molecule has 1 aromatic heterocycles. The lowest BCUT2D eigenvalue weighted by atomic mass is 9.98. The third-order valence-electron chi connectivity index (χ3n) is 3.74. The van der Waals surface area contributed by atoms with Crippen molar-refractivity contribution in [2.75, 3.05) is 26.0 Å². The minimum absolute atomic E-state index is 0.128. The van der Waals surface area contributed by atoms with Crippen molar-refractivity contribution in [3.05, 3.63) is 18.5 Å². The van der Waals surface area contributed by atoms with Gasteiger partial charge in [0.1, 0.15) is 6.10 Å². The average Bonchev–Trinajstić information content (AvgIpc) is 2.99. The van der Waals surface area contributed by atoms with Gasteiger partial charge in [-0.05, 0) is 12.5 Å². The van der Waals surface area contributed by atoms with Crippen LogP contribution in [0.25, 0.3) is 0 Å². The Kier molecular flexibility index (Phi) is 3.39. The molecule has 2 fully saturated rings. The van der Waals surface area contributed by atoms with E-state index < -0.39 is 15.6 Å². The van der Waals surface area contributed by atoms with E-state index in [1.807, 2.05) is 0 Å². The lowest BCUT2D eigenvalue weighted by Crippen LogP contribution is -2.35. The molecule has 0 saturated carbocycles. The monoisotopic (exact) mass is 299 g/mol. The second-order valence-corrected chi connectivity index (χ2v) is 7.30. The van der Waals surface area contributed by atoms with E-state index in [1.54, 1.807) is 18.5 Å². The third kappa shape index (κ3) is 2.77. The minimum Gasteiger partial charge on any atom is -0.458 e. The molecule has 7 nitrogen and oxygen atoms in total. The van der Waals surface area contributed by atoms with Gasteiger partial charge in [0, 0.05) is 31.9 Å². The fraction of sp³-hybridized carbons (Fsp3) is 0.667. The number of nitrogens with zero attached hydrogens (tertiary/aromatic N) is 3. The zero-order chi connectivity index (χ0) is 14.2. The van der Waals surface area contributed by atoms with E-state index in [4.69, 9.17) is 9.47 Å². The molecule has 0 bridgehead atoms. The summed E-state index contributed by atoms with van der Waals surface area (Å²) in [4.78, 5) is 8.03. The molecule has 20 heavy (non-hydrogen) atoms. The molecule has 0 aliphatic carbocycles. The smallest absolute Gasteiger partial charge is 0.316 e. The van der Waals surface area contributed by atoms with Crippen LogP contribution in [0.4, 0.5) is 0 Å². The van der Waals surface area contributed by atoms with Gasteiger partial charge < -0.3 is 9.47 Å². The second kappa shape index (κ2) is 4.94. The predicted molar refractivity (Wildman–Crippen MR) is 70.8 cm³/mol. The standard InChI is InChI=1S/C12H17N3O4S/c1-20(16,17)15-6-3-12(9-15)7-10(8-18-12)19-11-13-4-2-5-14-11/h2,4-5,10H,3,6-9H2,1H3/t10-,12+/m0/s1. The van der Waals surface area contributed by atoms with E-state index in [9.17, 15) is 8.42 Å². The highest BCUT2D eigenvalue weighted by atomic mass is 32.2. The molecule has 0 radical (unpaired) electrons. The van der Waals surface area contributed by atoms with Crippen LogP contribution in [-0.2, 0) is 14.8 Å². The van der Waals surface area contributed by atoms with E-state index in [1.165, 1.54) is 10.6 Å². The van der Waals surface area contributed by atoms with Gasteiger partial charge in [0.15, 0.2) is 0 Å². The molecule has 2 saturated heterocycles. The summed E-state index contributed by atoms with van der Waals surface area (Å²) < 4.78 is 36.1. The Morgan fingerprint density at radius 3 is 2.85 bits per heavy atom. The molecule has 1 aromatic rings. The van der Waals surface area contributed by atoms with Gasteiger partial charge in [0.25, 0.3) is 0 Å². The van der Waals surface area contributed by atoms with Gasteiger partial charge in [0.05, 0.1) is 18.5 Å². The third-order valence-corrected chi connectivity index (χ3v) is 4.99. The van der Waals surface area contributed by atoms with Crippen LogP contribution in [0.15, 0.2) is 18.5 Å². The SMILES string of the molecule is CS(=O)(=O)N1CC[C@@]2(C[C@H](Oc3ncccn3)CO2)C1. The summed E-state index contributed by atoms with van der Waals surface area (Å²) in [6.45, 7) is 1.35. The van der Waals surface area contributed by atoms with Crippen LogP contribution >= 0.6 is 0 Å². The molecule has 0 unspecified atom stereocenters. The number of sulfonamides is 1. The number of aromatic nitrogens is 2. The molecule has 1 spiro atoms. The predicted octanol–water partition coefficient (Wildman–Crippen LogP) is 0.0484. The maximum atomic E-state index is 11.6. The highest BCUT2D eigenvalue weighted by molar-refractivity contribution is 7.88. The van der Waals surface area contributed by atoms with Crippen LogP contribution in [0.3, 0.4) is 0 Å². The number of hydrogen-bond donors (Lipinski definition) is 0. The van der Waals surface area contributed by atoms with Crippen LogP contribution in [0.2, 0.25) is 0 Å². The summed E-state index contributed by atoms with van der Waals surface area (Å²) in [5, 5.41) is 0. The lowest BCUT2D eigenvalue weighted by molar-refractivity contribution is 0.0141. The Balaban J connectivity index is 1.63. The number of hydrogen-bond acceptors (Lipinski definition) is 6. The van der Waals surface area contributed by atoms with Crippen LogP contribution < -0.4 is 4.74 Å². The number of ether oxygens (including phenoxy) is 2. The van der Waals surface area contributed by atoms with Gasteiger partial charge in [-0.25, -0.2) is 18.4 Å². The minimum atomic E-state index is -3.15. The molecule has 2 atom stereocenters. The van der Waals surface area contributed by atoms with Crippen molar-refractivity contribution < 1.29 is 17.9 Å². The molecule has 8 heteroatoms. The first-order valence-electron chi connectivity index (χ1n) is 6.50. The van der Waals surface area contributed by atoms with Crippen molar-refractivity contribution in [1.82, 2.24) is 14.3 Å². The first-order valence-corrected chi connectivity index (χ1v) is 8.34.